The molecule has 0 radical (unpaired) electrons. The summed E-state index contributed by atoms with van der Waals surface area (Å²) in [5, 5.41) is 7.60. The average Bonchev–Trinajstić information content (AvgIpc) is 3.85. The highest BCUT2D eigenvalue weighted by atomic mass is 15.1. The summed E-state index contributed by atoms with van der Waals surface area (Å²) in [6.07, 6.45) is 4.51. The van der Waals surface area contributed by atoms with Gasteiger partial charge in [-0.1, -0.05) is 224 Å². The lowest BCUT2D eigenvalue weighted by Crippen LogP contribution is -2.09. The standard InChI is InChI=1S/C68H45N/c1-4-14-47(15-5-1)60-43-36-54-28-29-55-44-56(45-65(60)66(54)55)46-30-37-57(38-31-46)69(58-39-32-50(33-40-58)63-26-12-22-52-20-10-24-61(67(52)63)48-16-6-2-7-17-48)59-41-34-51(35-42-59)64-27-13-23-53-21-11-25-62(68(53)64)49-18-8-3-9-19-49/h1-45H. The van der Waals surface area contributed by atoms with Gasteiger partial charge in [0.05, 0.1) is 0 Å². The molecule has 0 amide bonds. The number of fused-ring (bicyclic) bond motifs is 2. The van der Waals surface area contributed by atoms with Gasteiger partial charge in [-0.25, -0.2) is 0 Å². The summed E-state index contributed by atoms with van der Waals surface area (Å²) < 4.78 is 0. The Balaban J connectivity index is 0.918. The summed E-state index contributed by atoms with van der Waals surface area (Å²) in [5.74, 6) is 0. The molecule has 1 heteroatoms. The molecule has 0 unspecified atom stereocenters. The summed E-state index contributed by atoms with van der Waals surface area (Å²) in [4.78, 5) is 2.39. The SMILES string of the molecule is C1=Cc2cc(-c3ccc(N(c4ccc(-c5cccc6cccc(-c7ccccc7)c56)cc4)c4ccc(-c5cccc6cccc(-c7ccccc7)c56)cc4)cc3)cc3c(-c4ccccc4)ccc1c23. The monoisotopic (exact) mass is 875 g/mol. The van der Waals surface area contributed by atoms with Crippen molar-refractivity contribution in [2.75, 3.05) is 4.90 Å². The van der Waals surface area contributed by atoms with Gasteiger partial charge in [-0.15, -0.1) is 0 Å². The Labute approximate surface area is 403 Å². The molecular formula is C68H45N. The van der Waals surface area contributed by atoms with Crippen LogP contribution in [-0.4, -0.2) is 0 Å². The predicted octanol–water partition coefficient (Wildman–Crippen LogP) is 19.1. The first kappa shape index (κ1) is 40.3. The van der Waals surface area contributed by atoms with Crippen molar-refractivity contribution < 1.29 is 0 Å². The third kappa shape index (κ3) is 7.20. The van der Waals surface area contributed by atoms with Crippen molar-refractivity contribution >= 4 is 61.5 Å². The van der Waals surface area contributed by atoms with E-state index in [1.165, 1.54) is 110 Å². The fourth-order valence-electron chi connectivity index (χ4n) is 10.7. The van der Waals surface area contributed by atoms with Crippen molar-refractivity contribution in [3.63, 3.8) is 0 Å². The lowest BCUT2D eigenvalue weighted by molar-refractivity contribution is 1.28. The quantitative estimate of drug-likeness (QED) is 0.140. The number of anilines is 3. The zero-order chi connectivity index (χ0) is 45.7. The second-order valence-electron chi connectivity index (χ2n) is 18.0. The maximum absolute atomic E-state index is 2.39. The third-order valence-corrected chi connectivity index (χ3v) is 14.0. The first-order chi connectivity index (χ1) is 34.2. The third-order valence-electron chi connectivity index (χ3n) is 14.0. The Morgan fingerprint density at radius 3 is 1.03 bits per heavy atom. The number of rotatable bonds is 9. The van der Waals surface area contributed by atoms with Crippen LogP contribution in [0.25, 0.3) is 111 Å². The Bertz CT molecular complexity index is 3710. The van der Waals surface area contributed by atoms with Crippen LogP contribution >= 0.6 is 0 Å². The average molecular weight is 876 g/mol. The van der Waals surface area contributed by atoms with Gasteiger partial charge in [-0.3, -0.25) is 0 Å². The Hall–Kier alpha value is -9.04. The van der Waals surface area contributed by atoms with Crippen molar-refractivity contribution in [3.05, 3.63) is 272 Å². The van der Waals surface area contributed by atoms with E-state index in [0.717, 1.165) is 17.1 Å². The summed E-state index contributed by atoms with van der Waals surface area (Å²) in [6.45, 7) is 0. The minimum atomic E-state index is 1.09. The molecule has 0 saturated carbocycles. The van der Waals surface area contributed by atoms with E-state index in [4.69, 9.17) is 0 Å². The normalized spacial score (nSPS) is 11.7. The predicted molar refractivity (Wildman–Crippen MR) is 295 cm³/mol. The van der Waals surface area contributed by atoms with E-state index in [2.05, 4.69) is 278 Å². The van der Waals surface area contributed by atoms with Gasteiger partial charge in [0.1, 0.15) is 0 Å². The van der Waals surface area contributed by atoms with E-state index in [1.807, 2.05) is 0 Å². The number of benzene rings is 12. The van der Waals surface area contributed by atoms with Gasteiger partial charge in [0.2, 0.25) is 0 Å². The van der Waals surface area contributed by atoms with Crippen LogP contribution in [0.4, 0.5) is 17.1 Å². The van der Waals surface area contributed by atoms with Crippen molar-refractivity contribution in [1.82, 2.24) is 0 Å². The van der Waals surface area contributed by atoms with E-state index >= 15 is 0 Å². The van der Waals surface area contributed by atoms with Gasteiger partial charge in [0, 0.05) is 17.1 Å². The molecule has 0 heterocycles. The van der Waals surface area contributed by atoms with Crippen LogP contribution in [0, 0.1) is 0 Å². The molecule has 13 rings (SSSR count). The van der Waals surface area contributed by atoms with Crippen molar-refractivity contribution in [1.29, 1.82) is 0 Å². The van der Waals surface area contributed by atoms with Gasteiger partial charge < -0.3 is 4.90 Å². The van der Waals surface area contributed by atoms with Crippen molar-refractivity contribution in [3.8, 4) is 66.8 Å². The maximum atomic E-state index is 2.39. The molecule has 1 nitrogen and oxygen atoms in total. The highest BCUT2D eigenvalue weighted by Gasteiger charge is 2.19. The van der Waals surface area contributed by atoms with Crippen LogP contribution in [0.2, 0.25) is 0 Å². The lowest BCUT2D eigenvalue weighted by Gasteiger charge is -2.26. The van der Waals surface area contributed by atoms with E-state index in [0.29, 0.717) is 0 Å². The fraction of sp³-hybridized carbons (Fsp3) is 0. The molecule has 0 fully saturated rings. The summed E-state index contributed by atoms with van der Waals surface area (Å²) in [6, 6.07) is 95.4. The molecule has 1 aliphatic carbocycles. The summed E-state index contributed by atoms with van der Waals surface area (Å²) in [7, 11) is 0. The Morgan fingerprint density at radius 1 is 0.217 bits per heavy atom. The molecule has 0 bridgehead atoms. The van der Waals surface area contributed by atoms with E-state index in [9.17, 15) is 0 Å². The minimum Gasteiger partial charge on any atom is -0.311 e. The van der Waals surface area contributed by atoms with Crippen LogP contribution in [0.5, 0.6) is 0 Å². The number of hydrogen-bond donors (Lipinski definition) is 0. The van der Waals surface area contributed by atoms with Crippen LogP contribution in [-0.2, 0) is 0 Å². The van der Waals surface area contributed by atoms with E-state index < -0.39 is 0 Å². The van der Waals surface area contributed by atoms with Crippen LogP contribution < -0.4 is 4.90 Å². The van der Waals surface area contributed by atoms with Crippen LogP contribution in [0.1, 0.15) is 11.1 Å². The molecular weight excluding hydrogens is 831 g/mol. The molecule has 0 aliphatic heterocycles. The molecule has 0 aromatic heterocycles. The molecule has 0 N–H and O–H groups in total. The topological polar surface area (TPSA) is 3.24 Å². The van der Waals surface area contributed by atoms with Crippen LogP contribution in [0.15, 0.2) is 261 Å². The molecule has 12 aromatic carbocycles. The zero-order valence-corrected chi connectivity index (χ0v) is 37.9. The molecule has 0 saturated heterocycles. The summed E-state index contributed by atoms with van der Waals surface area (Å²) in [5.41, 5.74) is 20.4. The minimum absolute atomic E-state index is 1.09. The van der Waals surface area contributed by atoms with Crippen molar-refractivity contribution in [2.24, 2.45) is 0 Å². The smallest absolute Gasteiger partial charge is 0.0462 e. The van der Waals surface area contributed by atoms with Gasteiger partial charge in [0.15, 0.2) is 0 Å². The fourth-order valence-corrected chi connectivity index (χ4v) is 10.7. The number of nitrogens with zero attached hydrogens (tertiary/aromatic N) is 1. The van der Waals surface area contributed by atoms with Gasteiger partial charge in [0.25, 0.3) is 0 Å². The molecule has 0 spiro atoms. The molecule has 69 heavy (non-hydrogen) atoms. The molecule has 12 aromatic rings. The maximum Gasteiger partial charge on any atom is 0.0462 e. The van der Waals surface area contributed by atoms with Crippen molar-refractivity contribution in [2.45, 2.75) is 0 Å². The summed E-state index contributed by atoms with van der Waals surface area (Å²) >= 11 is 0. The van der Waals surface area contributed by atoms with Gasteiger partial charge in [-0.2, -0.15) is 0 Å². The Morgan fingerprint density at radius 2 is 0.594 bits per heavy atom. The van der Waals surface area contributed by atoms with E-state index in [1.54, 1.807) is 0 Å². The first-order valence-corrected chi connectivity index (χ1v) is 23.8. The second-order valence-corrected chi connectivity index (χ2v) is 18.0. The zero-order valence-electron chi connectivity index (χ0n) is 37.9. The first-order valence-electron chi connectivity index (χ1n) is 23.8. The largest absolute Gasteiger partial charge is 0.311 e. The highest BCUT2D eigenvalue weighted by molar-refractivity contribution is 6.12. The second kappa shape index (κ2) is 17.0. The Kier molecular flexibility index (Phi) is 9.91. The highest BCUT2D eigenvalue weighted by Crippen LogP contribution is 2.44. The van der Waals surface area contributed by atoms with E-state index in [-0.39, 0.29) is 0 Å². The molecule has 1 aliphatic rings. The van der Waals surface area contributed by atoms with Gasteiger partial charge in [-0.05, 0) is 159 Å². The number of hydrogen-bond acceptors (Lipinski definition) is 1. The van der Waals surface area contributed by atoms with Crippen LogP contribution in [0.3, 0.4) is 0 Å². The van der Waals surface area contributed by atoms with Gasteiger partial charge >= 0.3 is 0 Å². The lowest BCUT2D eigenvalue weighted by atomic mass is 9.91. The molecule has 322 valence electrons. The molecule has 0 atom stereocenters.